The van der Waals surface area contributed by atoms with Crippen LogP contribution in [0.1, 0.15) is 25.4 Å². The van der Waals surface area contributed by atoms with E-state index in [1.54, 1.807) is 12.1 Å². The molecule has 0 radical (unpaired) electrons. The van der Waals surface area contributed by atoms with Gasteiger partial charge in [0.15, 0.2) is 0 Å². The van der Waals surface area contributed by atoms with Crippen LogP contribution in [0.3, 0.4) is 0 Å². The molecule has 0 aliphatic rings. The second-order valence-electron chi connectivity index (χ2n) is 4.45. The minimum Gasteiger partial charge on any atom is -0.464 e. The zero-order valence-corrected chi connectivity index (χ0v) is 12.3. The largest absolute Gasteiger partial charge is 0.464 e. The summed E-state index contributed by atoms with van der Waals surface area (Å²) in [7, 11) is 0. The van der Waals surface area contributed by atoms with Crippen LogP contribution in [0.2, 0.25) is 5.02 Å². The normalized spacial score (nSPS) is 10.3. The van der Waals surface area contributed by atoms with E-state index in [9.17, 15) is 4.79 Å². The predicted molar refractivity (Wildman–Crippen MR) is 81.2 cm³/mol. The summed E-state index contributed by atoms with van der Waals surface area (Å²) in [6.45, 7) is 4.09. The lowest BCUT2D eigenvalue weighted by Gasteiger charge is -2.09. The van der Waals surface area contributed by atoms with Gasteiger partial charge in [0.2, 0.25) is 5.91 Å². The molecule has 2 N–H and O–H groups in total. The molecule has 4 nitrogen and oxygen atoms in total. The van der Waals surface area contributed by atoms with Gasteiger partial charge in [-0.2, -0.15) is 0 Å². The van der Waals surface area contributed by atoms with Crippen molar-refractivity contribution in [2.24, 2.45) is 0 Å². The Morgan fingerprint density at radius 2 is 2.00 bits per heavy atom. The molecule has 1 amide bonds. The van der Waals surface area contributed by atoms with E-state index in [-0.39, 0.29) is 5.91 Å². The molecule has 0 saturated carbocycles. The number of furan rings is 1. The minimum absolute atomic E-state index is 0.143. The predicted octanol–water partition coefficient (Wildman–Crippen LogP) is 4.07. The summed E-state index contributed by atoms with van der Waals surface area (Å²) < 4.78 is 5.61. The highest BCUT2D eigenvalue weighted by Crippen LogP contribution is 2.25. The lowest BCUT2D eigenvalue weighted by molar-refractivity contribution is -0.114. The minimum atomic E-state index is -0.143. The zero-order valence-electron chi connectivity index (χ0n) is 11.5. The van der Waals surface area contributed by atoms with Crippen molar-refractivity contribution in [3.05, 3.63) is 46.9 Å². The molecule has 0 aliphatic carbocycles. The van der Waals surface area contributed by atoms with Crippen LogP contribution in [0.5, 0.6) is 0 Å². The van der Waals surface area contributed by atoms with E-state index in [4.69, 9.17) is 16.0 Å². The van der Waals surface area contributed by atoms with Crippen LogP contribution in [0, 0.1) is 0 Å². The number of benzene rings is 1. The highest BCUT2D eigenvalue weighted by Gasteiger charge is 2.04. The van der Waals surface area contributed by atoms with Crippen molar-refractivity contribution in [1.29, 1.82) is 0 Å². The smallest absolute Gasteiger partial charge is 0.221 e. The lowest BCUT2D eigenvalue weighted by atomic mass is 10.2. The molecule has 0 aliphatic heterocycles. The number of hydrogen-bond donors (Lipinski definition) is 2. The highest BCUT2D eigenvalue weighted by molar-refractivity contribution is 6.34. The molecular weight excluding hydrogens is 276 g/mol. The molecule has 2 aromatic rings. The topological polar surface area (TPSA) is 54.3 Å². The van der Waals surface area contributed by atoms with E-state index in [2.05, 4.69) is 17.6 Å². The van der Waals surface area contributed by atoms with Crippen molar-refractivity contribution in [1.82, 2.24) is 0 Å². The number of anilines is 2. The molecule has 5 heteroatoms. The molecule has 0 unspecified atom stereocenters. The lowest BCUT2D eigenvalue weighted by Crippen LogP contribution is -2.06. The van der Waals surface area contributed by atoms with Gasteiger partial charge in [-0.15, -0.1) is 0 Å². The van der Waals surface area contributed by atoms with Gasteiger partial charge in [0.1, 0.15) is 11.5 Å². The fourth-order valence-corrected chi connectivity index (χ4v) is 2.04. The number of hydrogen-bond acceptors (Lipinski definition) is 3. The molecule has 0 bridgehead atoms. The van der Waals surface area contributed by atoms with Gasteiger partial charge in [0, 0.05) is 19.0 Å². The van der Waals surface area contributed by atoms with Crippen molar-refractivity contribution in [3.63, 3.8) is 0 Å². The van der Waals surface area contributed by atoms with Crippen molar-refractivity contribution in [2.45, 2.75) is 26.8 Å². The summed E-state index contributed by atoms with van der Waals surface area (Å²) in [5.74, 6) is 1.71. The Hall–Kier alpha value is -1.94. The molecule has 106 valence electrons. The van der Waals surface area contributed by atoms with Gasteiger partial charge >= 0.3 is 0 Å². The Kier molecular flexibility index (Phi) is 4.69. The fraction of sp³-hybridized carbons (Fsp3) is 0.267. The van der Waals surface area contributed by atoms with E-state index in [0.717, 1.165) is 23.6 Å². The van der Waals surface area contributed by atoms with E-state index in [1.165, 1.54) is 6.92 Å². The van der Waals surface area contributed by atoms with E-state index in [0.29, 0.717) is 17.3 Å². The first kappa shape index (κ1) is 14.5. The number of aryl methyl sites for hydroxylation is 1. The zero-order chi connectivity index (χ0) is 14.5. The summed E-state index contributed by atoms with van der Waals surface area (Å²) in [4.78, 5) is 11.0. The van der Waals surface area contributed by atoms with Crippen LogP contribution in [0.4, 0.5) is 11.4 Å². The molecule has 1 aromatic heterocycles. The van der Waals surface area contributed by atoms with Crippen molar-refractivity contribution < 1.29 is 9.21 Å². The third kappa shape index (κ3) is 3.78. The second-order valence-corrected chi connectivity index (χ2v) is 4.86. The van der Waals surface area contributed by atoms with Crippen LogP contribution in [-0.4, -0.2) is 5.91 Å². The average molecular weight is 293 g/mol. The van der Waals surface area contributed by atoms with Crippen molar-refractivity contribution in [2.75, 3.05) is 10.6 Å². The number of rotatable bonds is 5. The Morgan fingerprint density at radius 3 is 2.60 bits per heavy atom. The van der Waals surface area contributed by atoms with Gasteiger partial charge in [-0.3, -0.25) is 4.79 Å². The molecule has 0 atom stereocenters. The fourth-order valence-electron chi connectivity index (χ4n) is 1.81. The third-order valence-corrected chi connectivity index (χ3v) is 3.13. The van der Waals surface area contributed by atoms with Crippen molar-refractivity contribution >= 4 is 28.9 Å². The average Bonchev–Trinajstić information content (AvgIpc) is 2.87. The first-order valence-electron chi connectivity index (χ1n) is 6.47. The molecule has 1 aromatic carbocycles. The van der Waals surface area contributed by atoms with Gasteiger partial charge < -0.3 is 15.1 Å². The molecule has 0 saturated heterocycles. The molecule has 0 fully saturated rings. The van der Waals surface area contributed by atoms with Crippen LogP contribution < -0.4 is 10.6 Å². The molecule has 20 heavy (non-hydrogen) atoms. The molecular formula is C15H17ClN2O2. The van der Waals surface area contributed by atoms with Crippen molar-refractivity contribution in [3.8, 4) is 0 Å². The first-order valence-corrected chi connectivity index (χ1v) is 6.85. The van der Waals surface area contributed by atoms with E-state index in [1.807, 2.05) is 18.2 Å². The van der Waals surface area contributed by atoms with E-state index < -0.39 is 0 Å². The van der Waals surface area contributed by atoms with Gasteiger partial charge in [-0.05, 0) is 30.3 Å². The van der Waals surface area contributed by atoms with Crippen LogP contribution in [0.25, 0.3) is 0 Å². The number of carbonyl (C=O) groups excluding carboxylic acids is 1. The van der Waals surface area contributed by atoms with Crippen LogP contribution in [0.15, 0.2) is 34.7 Å². The Bertz CT molecular complexity index is 608. The maximum absolute atomic E-state index is 11.0. The summed E-state index contributed by atoms with van der Waals surface area (Å²) in [6.07, 6.45) is 0.886. The summed E-state index contributed by atoms with van der Waals surface area (Å²) >= 11 is 6.10. The van der Waals surface area contributed by atoms with Crippen LogP contribution in [-0.2, 0) is 17.8 Å². The summed E-state index contributed by atoms with van der Waals surface area (Å²) in [5.41, 5.74) is 1.48. The maximum atomic E-state index is 11.0. The molecule has 0 spiro atoms. The quantitative estimate of drug-likeness (QED) is 0.873. The Balaban J connectivity index is 1.99. The maximum Gasteiger partial charge on any atom is 0.221 e. The number of carbonyl (C=O) groups is 1. The SMILES string of the molecule is CCc1ccc(CNc2ccc(NC(C)=O)c(Cl)c2)o1. The van der Waals surface area contributed by atoms with Gasteiger partial charge in [-0.1, -0.05) is 18.5 Å². The summed E-state index contributed by atoms with van der Waals surface area (Å²) in [6, 6.07) is 9.34. The van der Waals surface area contributed by atoms with Gasteiger partial charge in [0.25, 0.3) is 0 Å². The standard InChI is InChI=1S/C15H17ClN2O2/c1-3-12-5-6-13(20-12)9-17-11-4-7-15(14(16)8-11)18-10(2)19/h4-8,17H,3,9H2,1-2H3,(H,18,19). The third-order valence-electron chi connectivity index (χ3n) is 2.81. The number of amides is 1. The second kappa shape index (κ2) is 6.48. The number of nitrogens with one attached hydrogen (secondary N) is 2. The number of halogens is 1. The Morgan fingerprint density at radius 1 is 1.25 bits per heavy atom. The molecule has 2 rings (SSSR count). The monoisotopic (exact) mass is 292 g/mol. The van der Waals surface area contributed by atoms with Gasteiger partial charge in [0.05, 0.1) is 17.3 Å². The van der Waals surface area contributed by atoms with E-state index >= 15 is 0 Å². The molecule has 1 heterocycles. The highest BCUT2D eigenvalue weighted by atomic mass is 35.5. The van der Waals surface area contributed by atoms with Gasteiger partial charge in [-0.25, -0.2) is 0 Å². The summed E-state index contributed by atoms with van der Waals surface area (Å²) in [5, 5.41) is 6.40. The first-order chi connectivity index (χ1) is 9.58. The Labute approximate surface area is 123 Å². The van der Waals surface area contributed by atoms with Crippen LogP contribution >= 0.6 is 11.6 Å².